The fourth-order valence-electron chi connectivity index (χ4n) is 0.795. The molecule has 5 nitrogen and oxygen atoms in total. The lowest BCUT2D eigenvalue weighted by Crippen LogP contribution is -2.21. The van der Waals surface area contributed by atoms with Crippen molar-refractivity contribution < 1.29 is 14.3 Å². The summed E-state index contributed by atoms with van der Waals surface area (Å²) in [6, 6.07) is -0.0726. The Morgan fingerprint density at radius 1 is 1.69 bits per heavy atom. The van der Waals surface area contributed by atoms with Gasteiger partial charge in [0.2, 0.25) is 5.95 Å². The minimum absolute atomic E-state index is 0.173. The monoisotopic (exact) mass is 185 g/mol. The van der Waals surface area contributed by atoms with Crippen molar-refractivity contribution in [2.24, 2.45) is 5.73 Å². The van der Waals surface area contributed by atoms with E-state index in [2.05, 4.69) is 4.98 Å². The van der Waals surface area contributed by atoms with Crippen molar-refractivity contribution in [3.8, 4) is 0 Å². The third-order valence-corrected chi connectivity index (χ3v) is 1.51. The number of nitrogen functional groups attached to an aromatic ring is 1. The number of carboxylic acid groups (broad SMARTS) is 1. The maximum Gasteiger partial charge on any atom is 0.325 e. The van der Waals surface area contributed by atoms with E-state index in [1.165, 1.54) is 0 Å². The lowest BCUT2D eigenvalue weighted by atomic mass is 10.1. The van der Waals surface area contributed by atoms with Crippen LogP contribution in [0.4, 0.5) is 10.1 Å². The molecule has 0 bridgehead atoms. The maximum atomic E-state index is 12.5. The largest absolute Gasteiger partial charge is 0.480 e. The van der Waals surface area contributed by atoms with Crippen molar-refractivity contribution in [3.05, 3.63) is 23.8 Å². The van der Waals surface area contributed by atoms with Gasteiger partial charge >= 0.3 is 5.97 Å². The molecule has 1 atom stereocenters. The summed E-state index contributed by atoms with van der Waals surface area (Å²) in [7, 11) is 0. The number of hydrogen-bond donors (Lipinski definition) is 3. The van der Waals surface area contributed by atoms with Gasteiger partial charge in [-0.2, -0.15) is 4.39 Å². The molecule has 0 saturated carbocycles. The van der Waals surface area contributed by atoms with Crippen LogP contribution in [0, 0.1) is 5.95 Å². The first-order chi connectivity index (χ1) is 6.02. The quantitative estimate of drug-likeness (QED) is 0.558. The number of hydrogen-bond acceptors (Lipinski definition) is 4. The van der Waals surface area contributed by atoms with Crippen molar-refractivity contribution in [1.82, 2.24) is 4.98 Å². The number of carboxylic acids is 1. The molecular formula is C7H8FN3O2. The number of aliphatic carboxylic acids is 1. The molecule has 6 heteroatoms. The van der Waals surface area contributed by atoms with Crippen LogP contribution in [0.15, 0.2) is 12.3 Å². The maximum absolute atomic E-state index is 12.5. The number of pyridine rings is 1. The van der Waals surface area contributed by atoms with E-state index in [4.69, 9.17) is 16.6 Å². The average Bonchev–Trinajstić information content (AvgIpc) is 2.08. The number of aromatic nitrogens is 1. The van der Waals surface area contributed by atoms with Gasteiger partial charge in [0.05, 0.1) is 5.69 Å². The second kappa shape index (κ2) is 3.36. The van der Waals surface area contributed by atoms with Crippen LogP contribution in [-0.2, 0) is 4.79 Å². The summed E-state index contributed by atoms with van der Waals surface area (Å²) in [6.45, 7) is 0. The Labute approximate surface area is 73.2 Å². The normalized spacial score (nSPS) is 12.5. The van der Waals surface area contributed by atoms with E-state index in [1.807, 2.05) is 0 Å². The molecule has 0 spiro atoms. The molecule has 13 heavy (non-hydrogen) atoms. The Hall–Kier alpha value is -1.69. The highest BCUT2D eigenvalue weighted by atomic mass is 19.1. The fourth-order valence-corrected chi connectivity index (χ4v) is 0.795. The second-order valence-corrected chi connectivity index (χ2v) is 2.46. The van der Waals surface area contributed by atoms with E-state index in [1.54, 1.807) is 0 Å². The van der Waals surface area contributed by atoms with Crippen LogP contribution in [-0.4, -0.2) is 16.1 Å². The number of nitrogens with two attached hydrogens (primary N) is 2. The van der Waals surface area contributed by atoms with Gasteiger partial charge in [0, 0.05) is 11.8 Å². The predicted molar refractivity (Wildman–Crippen MR) is 43.2 cm³/mol. The summed E-state index contributed by atoms with van der Waals surface area (Å²) in [5.74, 6) is -2.05. The summed E-state index contributed by atoms with van der Waals surface area (Å²) >= 11 is 0. The Bertz CT molecular complexity index is 343. The molecule has 1 rings (SSSR count). The van der Waals surface area contributed by atoms with Gasteiger partial charge in [-0.3, -0.25) is 4.79 Å². The van der Waals surface area contributed by atoms with E-state index in [-0.39, 0.29) is 11.3 Å². The molecular weight excluding hydrogens is 177 g/mol. The molecule has 0 fully saturated rings. The van der Waals surface area contributed by atoms with E-state index < -0.39 is 18.0 Å². The van der Waals surface area contributed by atoms with Gasteiger partial charge in [0.25, 0.3) is 0 Å². The zero-order chi connectivity index (χ0) is 10.0. The van der Waals surface area contributed by atoms with Gasteiger partial charge in [-0.25, -0.2) is 4.98 Å². The number of carbonyl (C=O) groups is 1. The molecule has 1 aromatic rings. The molecule has 0 saturated heterocycles. The fraction of sp³-hybridized carbons (Fsp3) is 0.143. The Balaban J connectivity index is 3.03. The molecule has 0 unspecified atom stereocenters. The molecule has 5 N–H and O–H groups in total. The van der Waals surface area contributed by atoms with Gasteiger partial charge in [0.1, 0.15) is 6.04 Å². The van der Waals surface area contributed by atoms with E-state index >= 15 is 0 Å². The molecule has 70 valence electrons. The summed E-state index contributed by atoms with van der Waals surface area (Å²) < 4.78 is 12.5. The minimum Gasteiger partial charge on any atom is -0.480 e. The Morgan fingerprint density at radius 3 is 2.77 bits per heavy atom. The zero-order valence-electron chi connectivity index (χ0n) is 6.57. The first kappa shape index (κ1) is 9.40. The average molecular weight is 185 g/mol. The Kier molecular flexibility index (Phi) is 2.43. The van der Waals surface area contributed by atoms with Crippen LogP contribution in [0.2, 0.25) is 0 Å². The standard InChI is InChI=1S/C7H8FN3O2/c8-6-4(9)1-3(2-11-6)5(10)7(12)13/h1-2,5H,9-10H2,(H,12,13)/t5-/m1/s1. The summed E-state index contributed by atoms with van der Waals surface area (Å²) in [4.78, 5) is 13.7. The molecule has 1 aromatic heterocycles. The lowest BCUT2D eigenvalue weighted by molar-refractivity contribution is -0.138. The van der Waals surface area contributed by atoms with Gasteiger partial charge < -0.3 is 16.6 Å². The van der Waals surface area contributed by atoms with Crippen LogP contribution in [0.1, 0.15) is 11.6 Å². The van der Waals surface area contributed by atoms with E-state index in [9.17, 15) is 9.18 Å². The molecule has 0 aliphatic carbocycles. The molecule has 0 radical (unpaired) electrons. The third kappa shape index (κ3) is 1.91. The molecule has 0 aromatic carbocycles. The van der Waals surface area contributed by atoms with E-state index in [0.717, 1.165) is 12.3 Å². The van der Waals surface area contributed by atoms with Crippen molar-refractivity contribution in [2.45, 2.75) is 6.04 Å². The van der Waals surface area contributed by atoms with E-state index in [0.29, 0.717) is 0 Å². The Morgan fingerprint density at radius 2 is 2.31 bits per heavy atom. The lowest BCUT2D eigenvalue weighted by Gasteiger charge is -2.06. The zero-order valence-corrected chi connectivity index (χ0v) is 6.57. The van der Waals surface area contributed by atoms with Crippen LogP contribution >= 0.6 is 0 Å². The van der Waals surface area contributed by atoms with Crippen LogP contribution in [0.5, 0.6) is 0 Å². The highest BCUT2D eigenvalue weighted by molar-refractivity contribution is 5.75. The highest BCUT2D eigenvalue weighted by Crippen LogP contribution is 2.14. The SMILES string of the molecule is Nc1cc([C@@H](N)C(=O)O)cnc1F. The van der Waals surface area contributed by atoms with Crippen LogP contribution in [0.3, 0.4) is 0 Å². The van der Waals surface area contributed by atoms with Crippen LogP contribution < -0.4 is 11.5 Å². The van der Waals surface area contributed by atoms with Crippen molar-refractivity contribution >= 4 is 11.7 Å². The van der Waals surface area contributed by atoms with Crippen molar-refractivity contribution in [1.29, 1.82) is 0 Å². The summed E-state index contributed by atoms with van der Waals surface area (Å²) in [6.07, 6.45) is 1.05. The first-order valence-corrected chi connectivity index (χ1v) is 3.41. The first-order valence-electron chi connectivity index (χ1n) is 3.41. The van der Waals surface area contributed by atoms with Crippen LogP contribution in [0.25, 0.3) is 0 Å². The third-order valence-electron chi connectivity index (χ3n) is 1.51. The van der Waals surface area contributed by atoms with Gasteiger partial charge in [-0.15, -0.1) is 0 Å². The second-order valence-electron chi connectivity index (χ2n) is 2.46. The number of anilines is 1. The summed E-state index contributed by atoms with van der Waals surface area (Å²) in [5, 5.41) is 8.51. The molecule has 0 amide bonds. The van der Waals surface area contributed by atoms with Crippen molar-refractivity contribution in [3.63, 3.8) is 0 Å². The smallest absolute Gasteiger partial charge is 0.325 e. The number of halogens is 1. The molecule has 1 heterocycles. The van der Waals surface area contributed by atoms with Gasteiger partial charge in [-0.05, 0) is 6.07 Å². The van der Waals surface area contributed by atoms with Gasteiger partial charge in [-0.1, -0.05) is 0 Å². The molecule has 0 aliphatic rings. The molecule has 0 aliphatic heterocycles. The topological polar surface area (TPSA) is 102 Å². The predicted octanol–water partition coefficient (Wildman–Crippen LogP) is -0.113. The van der Waals surface area contributed by atoms with Gasteiger partial charge in [0.15, 0.2) is 0 Å². The highest BCUT2D eigenvalue weighted by Gasteiger charge is 2.15. The number of nitrogens with zero attached hydrogens (tertiary/aromatic N) is 1. The number of rotatable bonds is 2. The van der Waals surface area contributed by atoms with Crippen molar-refractivity contribution in [2.75, 3.05) is 5.73 Å². The minimum atomic E-state index is -1.23. The summed E-state index contributed by atoms with van der Waals surface area (Å²) in [5.41, 5.74) is 10.4.